The van der Waals surface area contributed by atoms with Crippen molar-refractivity contribution in [3.63, 3.8) is 0 Å². The summed E-state index contributed by atoms with van der Waals surface area (Å²) in [5, 5.41) is 3.48. The molecular formula is C18H15Cl2N3O3. The van der Waals surface area contributed by atoms with Gasteiger partial charge in [0, 0.05) is 11.8 Å². The van der Waals surface area contributed by atoms with Crippen molar-refractivity contribution in [3.8, 4) is 17.2 Å². The fraction of sp³-hybridized carbons (Fsp3) is 0.167. The zero-order valence-electron chi connectivity index (χ0n) is 13.8. The van der Waals surface area contributed by atoms with Crippen LogP contribution in [0.4, 0.5) is 5.82 Å². The highest BCUT2D eigenvalue weighted by Crippen LogP contribution is 2.28. The minimum atomic E-state index is -0.458. The molecule has 1 amide bonds. The van der Waals surface area contributed by atoms with Crippen molar-refractivity contribution >= 4 is 34.9 Å². The summed E-state index contributed by atoms with van der Waals surface area (Å²) in [7, 11) is 0. The van der Waals surface area contributed by atoms with Gasteiger partial charge in [0.1, 0.15) is 6.26 Å². The zero-order valence-corrected chi connectivity index (χ0v) is 15.3. The molecule has 0 unspecified atom stereocenters. The van der Waals surface area contributed by atoms with Crippen LogP contribution in [0.15, 0.2) is 47.2 Å². The summed E-state index contributed by atoms with van der Waals surface area (Å²) in [6.07, 6.45) is 3.68. The molecule has 8 heteroatoms. The lowest BCUT2D eigenvalue weighted by Crippen LogP contribution is -2.14. The molecule has 0 aliphatic heterocycles. The van der Waals surface area contributed by atoms with E-state index in [1.54, 1.807) is 36.5 Å². The molecule has 3 rings (SSSR count). The molecule has 2 aromatic heterocycles. The molecule has 3 aromatic rings. The summed E-state index contributed by atoms with van der Waals surface area (Å²) in [5.74, 6) is 0.623. The van der Waals surface area contributed by atoms with Crippen molar-refractivity contribution in [2.24, 2.45) is 0 Å². The largest absolute Gasteiger partial charge is 0.490 e. The van der Waals surface area contributed by atoms with Crippen molar-refractivity contribution in [2.75, 3.05) is 11.9 Å². The Morgan fingerprint density at radius 1 is 1.27 bits per heavy atom. The second kappa shape index (κ2) is 8.21. The van der Waals surface area contributed by atoms with Gasteiger partial charge in [0.25, 0.3) is 5.91 Å². The Labute approximate surface area is 160 Å². The molecule has 0 saturated heterocycles. The minimum Gasteiger partial charge on any atom is -0.490 e. The number of carbonyl (C=O) groups excluding carboxylic acids is 1. The maximum atomic E-state index is 12.4. The van der Waals surface area contributed by atoms with Gasteiger partial charge in [0.05, 0.1) is 16.7 Å². The van der Waals surface area contributed by atoms with E-state index in [-0.39, 0.29) is 11.6 Å². The molecule has 134 valence electrons. The third kappa shape index (κ3) is 4.15. The quantitative estimate of drug-likeness (QED) is 0.633. The van der Waals surface area contributed by atoms with E-state index in [4.69, 9.17) is 32.4 Å². The van der Waals surface area contributed by atoms with E-state index in [2.05, 4.69) is 15.3 Å². The average molecular weight is 392 g/mol. The van der Waals surface area contributed by atoms with Gasteiger partial charge in [-0.3, -0.25) is 4.79 Å². The highest BCUT2D eigenvalue weighted by Gasteiger charge is 2.16. The van der Waals surface area contributed by atoms with Crippen LogP contribution in [0.2, 0.25) is 10.0 Å². The topological polar surface area (TPSA) is 77.2 Å². The number of pyridine rings is 1. The van der Waals surface area contributed by atoms with Crippen LogP contribution < -0.4 is 10.1 Å². The fourth-order valence-corrected chi connectivity index (χ4v) is 2.42. The van der Waals surface area contributed by atoms with Crippen LogP contribution in [0.1, 0.15) is 23.8 Å². The van der Waals surface area contributed by atoms with Crippen molar-refractivity contribution in [2.45, 2.75) is 13.3 Å². The van der Waals surface area contributed by atoms with Gasteiger partial charge in [-0.15, -0.1) is 0 Å². The first-order chi connectivity index (χ1) is 12.6. The molecule has 0 radical (unpaired) electrons. The van der Waals surface area contributed by atoms with Crippen molar-refractivity contribution in [1.82, 2.24) is 9.97 Å². The van der Waals surface area contributed by atoms with E-state index in [0.717, 1.165) is 6.42 Å². The molecule has 2 heterocycles. The molecule has 1 aromatic carbocycles. The number of rotatable bonds is 6. The SMILES string of the molecule is CCCOc1cccnc1NC(=O)c1coc(-c2ccc(Cl)c(Cl)c2)n1. The molecule has 0 aliphatic rings. The number of nitrogens with zero attached hydrogens (tertiary/aromatic N) is 2. The maximum absolute atomic E-state index is 12.4. The zero-order chi connectivity index (χ0) is 18.5. The van der Waals surface area contributed by atoms with E-state index in [0.29, 0.717) is 33.8 Å². The van der Waals surface area contributed by atoms with Crippen LogP contribution in [0.3, 0.4) is 0 Å². The van der Waals surface area contributed by atoms with Gasteiger partial charge >= 0.3 is 0 Å². The number of amides is 1. The normalized spacial score (nSPS) is 10.6. The second-order valence-electron chi connectivity index (χ2n) is 5.32. The summed E-state index contributed by atoms with van der Waals surface area (Å²) in [5.41, 5.74) is 0.724. The number of anilines is 1. The number of aromatic nitrogens is 2. The molecule has 0 aliphatic carbocycles. The second-order valence-corrected chi connectivity index (χ2v) is 6.13. The first kappa shape index (κ1) is 18.2. The highest BCUT2D eigenvalue weighted by atomic mass is 35.5. The summed E-state index contributed by atoms with van der Waals surface area (Å²) in [6.45, 7) is 2.52. The molecule has 0 saturated carbocycles. The predicted molar refractivity (Wildman–Crippen MR) is 99.9 cm³/mol. The third-order valence-corrected chi connectivity index (χ3v) is 4.11. The number of benzene rings is 1. The van der Waals surface area contributed by atoms with E-state index in [9.17, 15) is 4.79 Å². The maximum Gasteiger partial charge on any atom is 0.278 e. The molecular weight excluding hydrogens is 377 g/mol. The first-order valence-corrected chi connectivity index (χ1v) is 8.64. The Morgan fingerprint density at radius 3 is 2.88 bits per heavy atom. The summed E-state index contributed by atoms with van der Waals surface area (Å²) in [4.78, 5) is 20.8. The number of hydrogen-bond donors (Lipinski definition) is 1. The molecule has 0 fully saturated rings. The standard InChI is InChI=1S/C18H15Cl2N3O3/c1-2-8-25-15-4-3-7-21-16(15)23-17(24)14-10-26-18(22-14)11-5-6-12(19)13(20)9-11/h3-7,9-10H,2,8H2,1H3,(H,21,23,24). The lowest BCUT2D eigenvalue weighted by Gasteiger charge is -2.09. The lowest BCUT2D eigenvalue weighted by molar-refractivity contribution is 0.102. The number of oxazole rings is 1. The van der Waals surface area contributed by atoms with E-state index in [1.807, 2.05) is 6.92 Å². The Kier molecular flexibility index (Phi) is 5.75. The van der Waals surface area contributed by atoms with Crippen molar-refractivity contribution < 1.29 is 13.9 Å². The van der Waals surface area contributed by atoms with Crippen LogP contribution >= 0.6 is 23.2 Å². The summed E-state index contributed by atoms with van der Waals surface area (Å²) < 4.78 is 10.9. The van der Waals surface area contributed by atoms with Gasteiger partial charge in [-0.2, -0.15) is 0 Å². The summed E-state index contributed by atoms with van der Waals surface area (Å²) in [6, 6.07) is 8.43. The Bertz CT molecular complexity index is 928. The first-order valence-electron chi connectivity index (χ1n) is 7.88. The van der Waals surface area contributed by atoms with Crippen LogP contribution in [-0.4, -0.2) is 22.5 Å². The smallest absolute Gasteiger partial charge is 0.278 e. The molecule has 26 heavy (non-hydrogen) atoms. The molecule has 1 N–H and O–H groups in total. The number of ether oxygens (including phenoxy) is 1. The van der Waals surface area contributed by atoms with E-state index < -0.39 is 5.91 Å². The highest BCUT2D eigenvalue weighted by molar-refractivity contribution is 6.42. The van der Waals surface area contributed by atoms with Gasteiger partial charge in [-0.1, -0.05) is 30.1 Å². The number of hydrogen-bond acceptors (Lipinski definition) is 5. The molecule has 0 spiro atoms. The minimum absolute atomic E-state index is 0.109. The Hall–Kier alpha value is -2.57. The number of carbonyl (C=O) groups is 1. The Morgan fingerprint density at radius 2 is 2.12 bits per heavy atom. The van der Waals surface area contributed by atoms with Crippen LogP contribution in [-0.2, 0) is 0 Å². The van der Waals surface area contributed by atoms with Crippen molar-refractivity contribution in [3.05, 3.63) is 58.5 Å². The van der Waals surface area contributed by atoms with Gasteiger partial charge in [-0.25, -0.2) is 9.97 Å². The van der Waals surface area contributed by atoms with Crippen LogP contribution in [0, 0.1) is 0 Å². The van der Waals surface area contributed by atoms with Gasteiger partial charge < -0.3 is 14.5 Å². The molecule has 0 atom stereocenters. The van der Waals surface area contributed by atoms with Gasteiger partial charge in [0.15, 0.2) is 17.3 Å². The molecule has 6 nitrogen and oxygen atoms in total. The van der Waals surface area contributed by atoms with Crippen LogP contribution in [0.5, 0.6) is 5.75 Å². The third-order valence-electron chi connectivity index (χ3n) is 3.37. The van der Waals surface area contributed by atoms with Gasteiger partial charge in [-0.05, 0) is 36.8 Å². The van der Waals surface area contributed by atoms with E-state index in [1.165, 1.54) is 6.26 Å². The fourth-order valence-electron chi connectivity index (χ4n) is 2.12. The van der Waals surface area contributed by atoms with Crippen molar-refractivity contribution in [1.29, 1.82) is 0 Å². The number of halogens is 2. The average Bonchev–Trinajstić information content (AvgIpc) is 3.13. The Balaban J connectivity index is 1.77. The van der Waals surface area contributed by atoms with Crippen LogP contribution in [0.25, 0.3) is 11.5 Å². The monoisotopic (exact) mass is 391 g/mol. The number of nitrogens with one attached hydrogen (secondary N) is 1. The van der Waals surface area contributed by atoms with E-state index >= 15 is 0 Å². The van der Waals surface area contributed by atoms with Gasteiger partial charge in [0.2, 0.25) is 5.89 Å². The lowest BCUT2D eigenvalue weighted by atomic mass is 10.2. The molecule has 0 bridgehead atoms. The predicted octanol–water partition coefficient (Wildman–Crippen LogP) is 5.08. The summed E-state index contributed by atoms with van der Waals surface area (Å²) >= 11 is 11.9.